The van der Waals surface area contributed by atoms with Crippen LogP contribution in [0.4, 0.5) is 0 Å². The van der Waals surface area contributed by atoms with Crippen LogP contribution in [0.25, 0.3) is 0 Å². The van der Waals surface area contributed by atoms with E-state index in [1.807, 2.05) is 0 Å². The lowest BCUT2D eigenvalue weighted by atomic mass is 9.85. The Bertz CT molecular complexity index is 510. The number of hydrogen-bond donors (Lipinski definition) is 4. The van der Waals surface area contributed by atoms with Crippen LogP contribution in [-0.4, -0.2) is 62.7 Å². The summed E-state index contributed by atoms with van der Waals surface area (Å²) in [5.74, 6) is -2.20. The van der Waals surface area contributed by atoms with Gasteiger partial charge >= 0.3 is 5.97 Å². The lowest BCUT2D eigenvalue weighted by Gasteiger charge is -2.29. The fourth-order valence-electron chi connectivity index (χ4n) is 4.07. The molecule has 1 rings (SSSR count). The van der Waals surface area contributed by atoms with Gasteiger partial charge in [-0.15, -0.1) is 0 Å². The summed E-state index contributed by atoms with van der Waals surface area (Å²) in [4.78, 5) is 24.3. The molecule has 1 heterocycles. The molecule has 1 saturated heterocycles. The summed E-state index contributed by atoms with van der Waals surface area (Å²) in [5, 5.41) is 39.8. The third kappa shape index (κ3) is 9.56. The van der Waals surface area contributed by atoms with Crippen LogP contribution in [0, 0.1) is 0 Å². The quantitative estimate of drug-likeness (QED) is 0.154. The van der Waals surface area contributed by atoms with Gasteiger partial charge in [-0.05, 0) is 6.42 Å². The molecule has 1 aliphatic rings. The highest BCUT2D eigenvalue weighted by molar-refractivity contribution is 6.08. The molecule has 1 fully saturated rings. The molecule has 0 saturated carbocycles. The number of ketones is 1. The molecule has 0 unspecified atom stereocenters. The summed E-state index contributed by atoms with van der Waals surface area (Å²) < 4.78 is 4.64. The summed E-state index contributed by atoms with van der Waals surface area (Å²) in [6.45, 7) is 1.66. The highest BCUT2D eigenvalue weighted by atomic mass is 16.6. The molecule has 0 aromatic heterocycles. The van der Waals surface area contributed by atoms with Crippen LogP contribution in [0.2, 0.25) is 0 Å². The molecule has 4 atom stereocenters. The molecule has 0 bridgehead atoms. The fourth-order valence-corrected chi connectivity index (χ4v) is 4.07. The molecule has 31 heavy (non-hydrogen) atoms. The molecular weight excluding hydrogens is 400 g/mol. The second kappa shape index (κ2) is 15.7. The van der Waals surface area contributed by atoms with Crippen LogP contribution >= 0.6 is 0 Å². The Morgan fingerprint density at radius 2 is 1.26 bits per heavy atom. The van der Waals surface area contributed by atoms with Gasteiger partial charge in [-0.2, -0.15) is 0 Å². The molecular formula is C24H44O7. The number of hydrogen-bond acceptors (Lipinski definition) is 7. The van der Waals surface area contributed by atoms with Crippen molar-refractivity contribution >= 4 is 11.8 Å². The summed E-state index contributed by atoms with van der Waals surface area (Å²) in [6, 6.07) is 0. The second-order valence-corrected chi connectivity index (χ2v) is 8.99. The van der Waals surface area contributed by atoms with Crippen molar-refractivity contribution in [1.29, 1.82) is 0 Å². The van der Waals surface area contributed by atoms with E-state index >= 15 is 0 Å². The van der Waals surface area contributed by atoms with Crippen LogP contribution in [0.3, 0.4) is 0 Å². The Balaban J connectivity index is 2.08. The second-order valence-electron chi connectivity index (χ2n) is 8.99. The highest BCUT2D eigenvalue weighted by Gasteiger charge is 2.56. The van der Waals surface area contributed by atoms with Crippen molar-refractivity contribution in [3.63, 3.8) is 0 Å². The monoisotopic (exact) mass is 444 g/mol. The number of unbranched alkanes of at least 4 members (excludes halogenated alkanes) is 14. The molecule has 0 radical (unpaired) electrons. The average Bonchev–Trinajstić information content (AvgIpc) is 2.83. The van der Waals surface area contributed by atoms with Crippen molar-refractivity contribution in [2.45, 2.75) is 134 Å². The topological polar surface area (TPSA) is 124 Å². The molecule has 0 aliphatic carbocycles. The van der Waals surface area contributed by atoms with Crippen molar-refractivity contribution in [2.24, 2.45) is 0 Å². The van der Waals surface area contributed by atoms with Crippen LogP contribution in [-0.2, 0) is 14.3 Å². The molecule has 0 amide bonds. The lowest BCUT2D eigenvalue weighted by Crippen LogP contribution is -2.60. The average molecular weight is 445 g/mol. The van der Waals surface area contributed by atoms with E-state index in [4.69, 9.17) is 0 Å². The smallest absolute Gasteiger partial charge is 0.349 e. The molecule has 7 heteroatoms. The number of cyclic esters (lactones) is 1. The lowest BCUT2D eigenvalue weighted by molar-refractivity contribution is -0.184. The zero-order valence-electron chi connectivity index (χ0n) is 19.3. The van der Waals surface area contributed by atoms with Crippen molar-refractivity contribution in [3.05, 3.63) is 0 Å². The standard InChI is InChI=1S/C24H44O7/c1-2-3-4-5-6-7-8-9-10-11-12-13-14-15-16-17-20(26)24(30)22(28)21(27)19(25)18-31-23(24)29/h19,21-22,25,27-28,30H,2-18H2,1H3/t19-,21-,22+,24-/m1/s1. The number of ether oxygens (including phenoxy) is 1. The number of aliphatic hydroxyl groups is 4. The van der Waals surface area contributed by atoms with Crippen molar-refractivity contribution in [3.8, 4) is 0 Å². The van der Waals surface area contributed by atoms with E-state index in [9.17, 15) is 30.0 Å². The largest absolute Gasteiger partial charge is 0.460 e. The SMILES string of the molecule is CCCCCCCCCCCCCCCCCC(=O)[C@]1(O)C(=O)OC[C@@H](O)[C@@H](O)[C@@H]1O. The number of aliphatic hydroxyl groups excluding tert-OH is 3. The minimum absolute atomic E-state index is 0.0935. The van der Waals surface area contributed by atoms with Gasteiger partial charge in [-0.3, -0.25) is 4.79 Å². The number of rotatable bonds is 17. The van der Waals surface area contributed by atoms with Crippen LogP contribution in [0.15, 0.2) is 0 Å². The van der Waals surface area contributed by atoms with E-state index in [1.54, 1.807) is 0 Å². The predicted molar refractivity (Wildman–Crippen MR) is 118 cm³/mol. The third-order valence-corrected chi connectivity index (χ3v) is 6.27. The number of carbonyl (C=O) groups is 2. The van der Waals surface area contributed by atoms with E-state index in [0.717, 1.165) is 19.3 Å². The Hall–Kier alpha value is -1.02. The van der Waals surface area contributed by atoms with E-state index in [2.05, 4.69) is 11.7 Å². The van der Waals surface area contributed by atoms with Gasteiger partial charge in [-0.1, -0.05) is 96.8 Å². The fraction of sp³-hybridized carbons (Fsp3) is 0.917. The van der Waals surface area contributed by atoms with E-state index in [0.29, 0.717) is 6.42 Å². The van der Waals surface area contributed by atoms with Crippen LogP contribution in [0.1, 0.15) is 110 Å². The van der Waals surface area contributed by atoms with Gasteiger partial charge in [0.2, 0.25) is 5.60 Å². The van der Waals surface area contributed by atoms with Gasteiger partial charge in [-0.25, -0.2) is 4.79 Å². The zero-order chi connectivity index (χ0) is 23.1. The summed E-state index contributed by atoms with van der Waals surface area (Å²) in [5.41, 5.74) is -2.83. The van der Waals surface area contributed by atoms with Gasteiger partial charge in [0.15, 0.2) is 5.78 Å². The Morgan fingerprint density at radius 3 is 1.71 bits per heavy atom. The van der Waals surface area contributed by atoms with E-state index in [1.165, 1.54) is 70.6 Å². The predicted octanol–water partition coefficient (Wildman–Crippen LogP) is 3.19. The normalized spacial score (nSPS) is 26.5. The van der Waals surface area contributed by atoms with Gasteiger partial charge < -0.3 is 25.2 Å². The zero-order valence-corrected chi connectivity index (χ0v) is 19.3. The molecule has 0 aromatic carbocycles. The molecule has 7 nitrogen and oxygen atoms in total. The van der Waals surface area contributed by atoms with Gasteiger partial charge in [0.05, 0.1) is 0 Å². The summed E-state index contributed by atoms with van der Waals surface area (Å²) in [7, 11) is 0. The molecule has 1 aliphatic heterocycles. The van der Waals surface area contributed by atoms with E-state index < -0.39 is 42.3 Å². The Labute approximate surface area is 187 Å². The first kappa shape index (κ1) is 28.0. The summed E-state index contributed by atoms with van der Waals surface area (Å²) in [6.07, 6.45) is 12.2. The molecule has 0 spiro atoms. The Morgan fingerprint density at radius 1 is 0.839 bits per heavy atom. The number of carbonyl (C=O) groups excluding carboxylic acids is 2. The minimum atomic E-state index is -2.83. The maximum Gasteiger partial charge on any atom is 0.349 e. The van der Waals surface area contributed by atoms with Gasteiger partial charge in [0.1, 0.15) is 24.9 Å². The number of Topliss-reactive ketones (excluding diaryl/α,β-unsaturated/α-hetero) is 1. The van der Waals surface area contributed by atoms with Gasteiger partial charge in [0.25, 0.3) is 0 Å². The number of esters is 1. The Kier molecular flexibility index (Phi) is 14.2. The van der Waals surface area contributed by atoms with Crippen molar-refractivity contribution < 1.29 is 34.8 Å². The molecule has 0 aromatic rings. The first-order valence-electron chi connectivity index (χ1n) is 12.3. The van der Waals surface area contributed by atoms with Gasteiger partial charge in [0, 0.05) is 6.42 Å². The maximum atomic E-state index is 12.4. The van der Waals surface area contributed by atoms with Crippen molar-refractivity contribution in [1.82, 2.24) is 0 Å². The first-order valence-corrected chi connectivity index (χ1v) is 12.3. The maximum absolute atomic E-state index is 12.4. The third-order valence-electron chi connectivity index (χ3n) is 6.27. The van der Waals surface area contributed by atoms with E-state index in [-0.39, 0.29) is 6.42 Å². The summed E-state index contributed by atoms with van der Waals surface area (Å²) >= 11 is 0. The molecule has 182 valence electrons. The van der Waals surface area contributed by atoms with Crippen molar-refractivity contribution in [2.75, 3.05) is 6.61 Å². The minimum Gasteiger partial charge on any atom is -0.460 e. The molecule has 4 N–H and O–H groups in total. The highest BCUT2D eigenvalue weighted by Crippen LogP contribution is 2.25. The van der Waals surface area contributed by atoms with Crippen LogP contribution < -0.4 is 0 Å². The van der Waals surface area contributed by atoms with Crippen LogP contribution in [0.5, 0.6) is 0 Å². The first-order chi connectivity index (χ1) is 14.9.